The van der Waals surface area contributed by atoms with E-state index in [0.29, 0.717) is 24.9 Å². The Kier molecular flexibility index (Phi) is 3.71. The lowest BCUT2D eigenvalue weighted by atomic mass is 9.86. The van der Waals surface area contributed by atoms with Gasteiger partial charge in [0.25, 0.3) is 9.84 Å². The number of hydrogen-bond donors (Lipinski definition) is 0. The number of anilines is 1. The van der Waals surface area contributed by atoms with E-state index in [0.717, 1.165) is 18.9 Å². The van der Waals surface area contributed by atoms with Crippen LogP contribution in [0.3, 0.4) is 0 Å². The van der Waals surface area contributed by atoms with Crippen LogP contribution in [0, 0.1) is 11.8 Å². The van der Waals surface area contributed by atoms with Crippen molar-refractivity contribution in [3.05, 3.63) is 36.4 Å². The molecule has 120 valence electrons. The number of halogens is 3. The zero-order valence-electron chi connectivity index (χ0n) is 11.8. The number of rotatable bonds is 2. The topological polar surface area (TPSA) is 37.4 Å². The smallest absolute Gasteiger partial charge is 0.370 e. The molecular formula is C15H16F3NO2S. The predicted molar refractivity (Wildman–Crippen MR) is 77.2 cm³/mol. The molecule has 1 aromatic rings. The lowest BCUT2D eigenvalue weighted by Gasteiger charge is -2.22. The lowest BCUT2D eigenvalue weighted by molar-refractivity contribution is -0.0435. The maximum absolute atomic E-state index is 12.9. The Morgan fingerprint density at radius 3 is 2.09 bits per heavy atom. The molecule has 2 aliphatic rings. The van der Waals surface area contributed by atoms with Crippen molar-refractivity contribution in [2.24, 2.45) is 11.8 Å². The van der Waals surface area contributed by atoms with Crippen molar-refractivity contribution in [1.29, 1.82) is 0 Å². The summed E-state index contributed by atoms with van der Waals surface area (Å²) < 4.78 is 62.2. The Morgan fingerprint density at radius 2 is 1.55 bits per heavy atom. The van der Waals surface area contributed by atoms with Crippen LogP contribution in [0.15, 0.2) is 41.3 Å². The van der Waals surface area contributed by atoms with E-state index >= 15 is 0 Å². The Hall–Kier alpha value is -1.50. The van der Waals surface area contributed by atoms with Crippen molar-refractivity contribution in [2.45, 2.75) is 23.2 Å². The van der Waals surface area contributed by atoms with Crippen molar-refractivity contribution in [3.8, 4) is 0 Å². The Morgan fingerprint density at radius 1 is 1.00 bits per heavy atom. The zero-order valence-corrected chi connectivity index (χ0v) is 12.6. The van der Waals surface area contributed by atoms with Gasteiger partial charge in [-0.1, -0.05) is 24.3 Å². The van der Waals surface area contributed by atoms with Gasteiger partial charge in [-0.3, -0.25) is 0 Å². The minimum Gasteiger partial charge on any atom is -0.370 e. The molecule has 3 rings (SSSR count). The molecule has 1 fully saturated rings. The predicted octanol–water partition coefficient (Wildman–Crippen LogP) is 3.38. The monoisotopic (exact) mass is 331 g/mol. The molecule has 0 bridgehead atoms. The van der Waals surface area contributed by atoms with Crippen LogP contribution in [-0.4, -0.2) is 27.0 Å². The van der Waals surface area contributed by atoms with Crippen molar-refractivity contribution >= 4 is 15.5 Å². The number of alkyl halides is 3. The van der Waals surface area contributed by atoms with E-state index in [2.05, 4.69) is 12.2 Å². The Bertz CT molecular complexity index is 681. The van der Waals surface area contributed by atoms with E-state index in [4.69, 9.17) is 0 Å². The van der Waals surface area contributed by atoms with Crippen LogP contribution in [-0.2, 0) is 9.84 Å². The molecule has 22 heavy (non-hydrogen) atoms. The standard InChI is InChI=1S/C15H16F3NO2S/c16-15(17,18)22(20,21)14-8-4-3-7-13(14)19-9-11-5-1-2-6-12(11)10-19/h1-4,7-8,11-12H,5-6,9-10H2. The second-order valence-corrected chi connectivity index (χ2v) is 7.69. The SMILES string of the molecule is O=S(=O)(c1ccccc1N1CC2CC=CCC2C1)C(F)(F)F. The highest BCUT2D eigenvalue weighted by molar-refractivity contribution is 7.92. The van der Waals surface area contributed by atoms with E-state index in [1.165, 1.54) is 12.1 Å². The highest BCUT2D eigenvalue weighted by Crippen LogP contribution is 2.40. The Balaban J connectivity index is 1.97. The molecule has 7 heteroatoms. The number of sulfone groups is 1. The lowest BCUT2D eigenvalue weighted by Crippen LogP contribution is -2.27. The minimum atomic E-state index is -5.33. The molecule has 1 aromatic carbocycles. The molecule has 1 aliphatic carbocycles. The third-order valence-corrected chi connectivity index (χ3v) is 5.95. The third kappa shape index (κ3) is 2.51. The van der Waals surface area contributed by atoms with Gasteiger partial charge < -0.3 is 4.90 Å². The molecule has 2 unspecified atom stereocenters. The van der Waals surface area contributed by atoms with E-state index in [1.807, 2.05) is 0 Å². The van der Waals surface area contributed by atoms with Crippen molar-refractivity contribution < 1.29 is 21.6 Å². The van der Waals surface area contributed by atoms with Gasteiger partial charge >= 0.3 is 5.51 Å². The Labute approximate surface area is 127 Å². The molecule has 0 amide bonds. The molecule has 1 saturated heterocycles. The molecule has 0 saturated carbocycles. The average Bonchev–Trinajstić information content (AvgIpc) is 2.90. The first-order valence-electron chi connectivity index (χ1n) is 7.11. The number of para-hydroxylation sites is 1. The molecule has 0 spiro atoms. The fraction of sp³-hybridized carbons (Fsp3) is 0.467. The van der Waals surface area contributed by atoms with Crippen molar-refractivity contribution in [1.82, 2.24) is 0 Å². The summed E-state index contributed by atoms with van der Waals surface area (Å²) in [5.74, 6) is 0.762. The van der Waals surface area contributed by atoms with Gasteiger partial charge in [-0.2, -0.15) is 13.2 Å². The number of hydrogen-bond acceptors (Lipinski definition) is 3. The normalized spacial score (nSPS) is 25.3. The summed E-state index contributed by atoms with van der Waals surface area (Å²) in [6, 6.07) is 5.40. The summed E-state index contributed by atoms with van der Waals surface area (Å²) in [5, 5.41) is 0. The number of nitrogens with zero attached hydrogens (tertiary/aromatic N) is 1. The first-order chi connectivity index (χ1) is 10.3. The van der Waals surface area contributed by atoms with Gasteiger partial charge in [0.05, 0.1) is 10.6 Å². The van der Waals surface area contributed by atoms with Crippen LogP contribution in [0.1, 0.15) is 12.8 Å². The molecule has 1 heterocycles. The third-order valence-electron chi connectivity index (χ3n) is 4.42. The maximum atomic E-state index is 12.9. The van der Waals surface area contributed by atoms with E-state index < -0.39 is 20.2 Å². The van der Waals surface area contributed by atoms with Crippen molar-refractivity contribution in [3.63, 3.8) is 0 Å². The molecule has 1 aliphatic heterocycles. The summed E-state index contributed by atoms with van der Waals surface area (Å²) in [5.41, 5.74) is -5.12. The zero-order chi connectivity index (χ0) is 16.0. The second kappa shape index (κ2) is 5.30. The van der Waals surface area contributed by atoms with Crippen LogP contribution >= 0.6 is 0 Å². The van der Waals surface area contributed by atoms with Crippen LogP contribution in [0.25, 0.3) is 0 Å². The van der Waals surface area contributed by atoms with Crippen LogP contribution in [0.4, 0.5) is 18.9 Å². The molecule has 0 N–H and O–H groups in total. The average molecular weight is 331 g/mol. The van der Waals surface area contributed by atoms with Gasteiger partial charge in [0.15, 0.2) is 0 Å². The molecule has 3 nitrogen and oxygen atoms in total. The summed E-state index contributed by atoms with van der Waals surface area (Å²) in [7, 11) is -5.33. The molecule has 0 radical (unpaired) electrons. The first-order valence-corrected chi connectivity index (χ1v) is 8.59. The van der Waals surface area contributed by atoms with Crippen LogP contribution in [0.2, 0.25) is 0 Å². The van der Waals surface area contributed by atoms with Crippen LogP contribution in [0.5, 0.6) is 0 Å². The van der Waals surface area contributed by atoms with E-state index in [9.17, 15) is 21.6 Å². The first kappa shape index (κ1) is 15.4. The van der Waals surface area contributed by atoms with Gasteiger partial charge in [0.1, 0.15) is 0 Å². The quantitative estimate of drug-likeness (QED) is 0.780. The van der Waals surface area contributed by atoms with Gasteiger partial charge in [-0.05, 0) is 36.8 Å². The van der Waals surface area contributed by atoms with Crippen LogP contribution < -0.4 is 4.90 Å². The molecular weight excluding hydrogens is 315 g/mol. The highest BCUT2D eigenvalue weighted by Gasteiger charge is 2.48. The van der Waals surface area contributed by atoms with Gasteiger partial charge in [0.2, 0.25) is 0 Å². The second-order valence-electron chi connectivity index (χ2n) is 5.78. The summed E-state index contributed by atoms with van der Waals surface area (Å²) in [6.07, 6.45) is 5.97. The summed E-state index contributed by atoms with van der Waals surface area (Å²) in [4.78, 5) is 1.13. The largest absolute Gasteiger partial charge is 0.501 e. The van der Waals surface area contributed by atoms with E-state index in [-0.39, 0.29) is 5.69 Å². The highest BCUT2D eigenvalue weighted by atomic mass is 32.2. The number of fused-ring (bicyclic) bond motifs is 1. The minimum absolute atomic E-state index is 0.161. The summed E-state index contributed by atoms with van der Waals surface area (Å²) in [6.45, 7) is 1.19. The van der Waals surface area contributed by atoms with E-state index in [1.54, 1.807) is 11.0 Å². The molecule has 2 atom stereocenters. The van der Waals surface area contributed by atoms with Gasteiger partial charge in [-0.15, -0.1) is 0 Å². The molecule has 0 aromatic heterocycles. The van der Waals surface area contributed by atoms with Gasteiger partial charge in [-0.25, -0.2) is 8.42 Å². The maximum Gasteiger partial charge on any atom is 0.501 e. The fourth-order valence-corrected chi connectivity index (χ4v) is 4.26. The van der Waals surface area contributed by atoms with Crippen molar-refractivity contribution in [2.75, 3.05) is 18.0 Å². The van der Waals surface area contributed by atoms with Gasteiger partial charge in [0, 0.05) is 13.1 Å². The number of benzene rings is 1. The fourth-order valence-electron chi connectivity index (χ4n) is 3.28. The number of allylic oxidation sites excluding steroid dienone is 2. The summed E-state index contributed by atoms with van der Waals surface area (Å²) >= 11 is 0.